The molecule has 0 saturated carbocycles. The smallest absolute Gasteiger partial charge is 0.151 e. The third kappa shape index (κ3) is 3.99. The molecule has 0 aliphatic rings. The van der Waals surface area contributed by atoms with Crippen LogP contribution in [0.25, 0.3) is 16.7 Å². The van der Waals surface area contributed by atoms with E-state index in [2.05, 4.69) is 30.2 Å². The molecular formula is C20H27N4O+. The minimum absolute atomic E-state index is 0.278. The summed E-state index contributed by atoms with van der Waals surface area (Å²) in [5.41, 5.74) is 4.35. The van der Waals surface area contributed by atoms with Crippen molar-refractivity contribution in [3.8, 4) is 11.4 Å². The van der Waals surface area contributed by atoms with Crippen molar-refractivity contribution in [1.29, 1.82) is 0 Å². The van der Waals surface area contributed by atoms with Crippen molar-refractivity contribution in [3.63, 3.8) is 0 Å². The van der Waals surface area contributed by atoms with Crippen LogP contribution in [0, 0.1) is 6.92 Å². The van der Waals surface area contributed by atoms with Gasteiger partial charge >= 0.3 is 0 Å². The normalized spacial score (nSPS) is 12.6. The zero-order valence-corrected chi connectivity index (χ0v) is 15.3. The average molecular weight is 339 g/mol. The molecule has 1 unspecified atom stereocenters. The third-order valence-electron chi connectivity index (χ3n) is 4.51. The molecule has 2 N–H and O–H groups in total. The van der Waals surface area contributed by atoms with Crippen LogP contribution in [0.4, 0.5) is 0 Å². The first kappa shape index (κ1) is 17.4. The lowest BCUT2D eigenvalue weighted by molar-refractivity contribution is -0.894. The van der Waals surface area contributed by atoms with Gasteiger partial charge in [-0.05, 0) is 49.6 Å². The Hall–Kier alpha value is -2.40. The van der Waals surface area contributed by atoms with Gasteiger partial charge in [-0.2, -0.15) is 0 Å². The third-order valence-corrected chi connectivity index (χ3v) is 4.51. The van der Waals surface area contributed by atoms with Gasteiger partial charge in [0.05, 0.1) is 19.2 Å². The van der Waals surface area contributed by atoms with E-state index in [1.165, 1.54) is 24.2 Å². The second-order valence-electron chi connectivity index (χ2n) is 6.86. The van der Waals surface area contributed by atoms with Gasteiger partial charge in [0.15, 0.2) is 5.75 Å². The lowest BCUT2D eigenvalue weighted by atomic mass is 10.1. The SMILES string of the molecule is CCCCC[NH+](C)Cc1cc(C)cc(-n2nc3ccccc3n2)c1O. The van der Waals surface area contributed by atoms with Crippen molar-refractivity contribution >= 4 is 11.0 Å². The van der Waals surface area contributed by atoms with E-state index in [4.69, 9.17) is 0 Å². The molecule has 132 valence electrons. The Labute approximate surface area is 148 Å². The van der Waals surface area contributed by atoms with E-state index in [1.54, 1.807) is 4.80 Å². The highest BCUT2D eigenvalue weighted by molar-refractivity contribution is 5.73. The molecule has 5 nitrogen and oxygen atoms in total. The summed E-state index contributed by atoms with van der Waals surface area (Å²) >= 11 is 0. The first-order chi connectivity index (χ1) is 12.1. The highest BCUT2D eigenvalue weighted by Gasteiger charge is 2.16. The summed E-state index contributed by atoms with van der Waals surface area (Å²) in [6.07, 6.45) is 3.70. The first-order valence-corrected chi connectivity index (χ1v) is 9.04. The number of rotatable bonds is 7. The van der Waals surface area contributed by atoms with Gasteiger partial charge in [-0.25, -0.2) is 0 Å². The van der Waals surface area contributed by atoms with Crippen molar-refractivity contribution in [1.82, 2.24) is 15.0 Å². The Morgan fingerprint density at radius 1 is 1.08 bits per heavy atom. The molecule has 0 bridgehead atoms. The Kier molecular flexibility index (Phi) is 5.34. The molecule has 3 aromatic rings. The quantitative estimate of drug-likeness (QED) is 0.651. The number of hydrogen-bond donors (Lipinski definition) is 2. The summed E-state index contributed by atoms with van der Waals surface area (Å²) in [7, 11) is 2.18. The number of phenolic OH excluding ortho intramolecular Hbond substituents is 1. The molecule has 0 aliphatic carbocycles. The molecule has 1 heterocycles. The summed E-state index contributed by atoms with van der Waals surface area (Å²) in [6.45, 7) is 6.17. The number of quaternary nitrogens is 1. The van der Waals surface area contributed by atoms with E-state index in [-0.39, 0.29) is 5.75 Å². The molecule has 1 atom stereocenters. The van der Waals surface area contributed by atoms with Crippen molar-refractivity contribution < 1.29 is 10.0 Å². The fourth-order valence-electron chi connectivity index (χ4n) is 3.18. The monoisotopic (exact) mass is 339 g/mol. The summed E-state index contributed by atoms with van der Waals surface area (Å²) in [4.78, 5) is 2.95. The highest BCUT2D eigenvalue weighted by Crippen LogP contribution is 2.27. The fraction of sp³-hybridized carbons (Fsp3) is 0.400. The maximum atomic E-state index is 10.8. The fourth-order valence-corrected chi connectivity index (χ4v) is 3.18. The Bertz CT molecular complexity index is 823. The second kappa shape index (κ2) is 7.66. The van der Waals surface area contributed by atoms with Crippen LogP contribution in [-0.2, 0) is 6.54 Å². The van der Waals surface area contributed by atoms with E-state index >= 15 is 0 Å². The predicted molar refractivity (Wildman–Crippen MR) is 100 cm³/mol. The molecule has 5 heteroatoms. The number of aromatic hydroxyl groups is 1. The molecule has 0 fully saturated rings. The minimum atomic E-state index is 0.278. The van der Waals surface area contributed by atoms with Crippen molar-refractivity contribution in [3.05, 3.63) is 47.5 Å². The van der Waals surface area contributed by atoms with E-state index < -0.39 is 0 Å². The number of unbranched alkanes of at least 4 members (excludes halogenated alkanes) is 2. The van der Waals surface area contributed by atoms with E-state index in [0.717, 1.165) is 35.2 Å². The number of benzene rings is 2. The first-order valence-electron chi connectivity index (χ1n) is 9.04. The minimum Gasteiger partial charge on any atom is -0.505 e. The van der Waals surface area contributed by atoms with Gasteiger partial charge in [0, 0.05) is 0 Å². The second-order valence-corrected chi connectivity index (χ2v) is 6.86. The Morgan fingerprint density at radius 2 is 1.76 bits per heavy atom. The maximum Gasteiger partial charge on any atom is 0.151 e. The topological polar surface area (TPSA) is 55.4 Å². The summed E-state index contributed by atoms with van der Waals surface area (Å²) in [5, 5.41) is 19.8. The number of fused-ring (bicyclic) bond motifs is 1. The molecule has 0 aliphatic heterocycles. The van der Waals surface area contributed by atoms with E-state index in [1.807, 2.05) is 37.3 Å². The average Bonchev–Trinajstić information content (AvgIpc) is 3.02. The van der Waals surface area contributed by atoms with Crippen LogP contribution < -0.4 is 4.90 Å². The van der Waals surface area contributed by atoms with Gasteiger partial charge < -0.3 is 10.0 Å². The van der Waals surface area contributed by atoms with Crippen LogP contribution in [0.3, 0.4) is 0 Å². The maximum absolute atomic E-state index is 10.8. The van der Waals surface area contributed by atoms with Crippen LogP contribution in [0.5, 0.6) is 5.75 Å². The molecule has 3 rings (SSSR count). The molecule has 1 aromatic heterocycles. The molecule has 0 radical (unpaired) electrons. The van der Waals surface area contributed by atoms with E-state index in [0.29, 0.717) is 5.69 Å². The number of hydrogen-bond acceptors (Lipinski definition) is 3. The predicted octanol–water partition coefficient (Wildman–Crippen LogP) is 2.64. The molecular weight excluding hydrogens is 312 g/mol. The standard InChI is InChI=1S/C20H26N4O/c1-4-5-8-11-23(3)14-16-12-15(2)13-19(20(16)25)24-21-17-9-6-7-10-18(17)22-24/h6-7,9-10,12-13,25H,4-5,8,11,14H2,1-3H3/p+1. The van der Waals surface area contributed by atoms with Crippen molar-refractivity contribution in [2.45, 2.75) is 39.7 Å². The number of nitrogens with zero attached hydrogens (tertiary/aromatic N) is 3. The van der Waals surface area contributed by atoms with Crippen molar-refractivity contribution in [2.24, 2.45) is 0 Å². The number of aryl methyl sites for hydroxylation is 1. The molecule has 0 spiro atoms. The largest absolute Gasteiger partial charge is 0.505 e. The summed E-state index contributed by atoms with van der Waals surface area (Å²) in [6, 6.07) is 11.7. The van der Waals surface area contributed by atoms with Crippen LogP contribution in [0.1, 0.15) is 37.3 Å². The lowest BCUT2D eigenvalue weighted by Gasteiger charge is -2.16. The number of aromatic nitrogens is 3. The van der Waals surface area contributed by atoms with Gasteiger partial charge in [-0.3, -0.25) is 0 Å². The zero-order valence-electron chi connectivity index (χ0n) is 15.3. The van der Waals surface area contributed by atoms with Crippen LogP contribution >= 0.6 is 0 Å². The Morgan fingerprint density at radius 3 is 2.40 bits per heavy atom. The van der Waals surface area contributed by atoms with Crippen LogP contribution in [-0.4, -0.2) is 33.7 Å². The number of phenols is 1. The van der Waals surface area contributed by atoms with Crippen LogP contribution in [0.15, 0.2) is 36.4 Å². The van der Waals surface area contributed by atoms with Gasteiger partial charge in [0.25, 0.3) is 0 Å². The molecule has 0 amide bonds. The van der Waals surface area contributed by atoms with Gasteiger partial charge in [0.1, 0.15) is 23.3 Å². The van der Waals surface area contributed by atoms with Gasteiger partial charge in [0.2, 0.25) is 0 Å². The summed E-state index contributed by atoms with van der Waals surface area (Å²) < 4.78 is 0. The molecule has 25 heavy (non-hydrogen) atoms. The van der Waals surface area contributed by atoms with Gasteiger partial charge in [-0.1, -0.05) is 25.5 Å². The highest BCUT2D eigenvalue weighted by atomic mass is 16.3. The van der Waals surface area contributed by atoms with E-state index in [9.17, 15) is 5.11 Å². The van der Waals surface area contributed by atoms with Crippen LogP contribution in [0.2, 0.25) is 0 Å². The zero-order chi connectivity index (χ0) is 17.8. The number of nitrogens with one attached hydrogen (secondary N) is 1. The molecule has 2 aromatic carbocycles. The molecule has 0 saturated heterocycles. The van der Waals surface area contributed by atoms with Gasteiger partial charge in [-0.15, -0.1) is 15.0 Å². The lowest BCUT2D eigenvalue weighted by Crippen LogP contribution is -3.07. The Balaban J connectivity index is 1.89. The van der Waals surface area contributed by atoms with Crippen molar-refractivity contribution in [2.75, 3.05) is 13.6 Å². The summed E-state index contributed by atoms with van der Waals surface area (Å²) in [5.74, 6) is 0.278.